The Morgan fingerprint density at radius 2 is 1.75 bits per heavy atom. The summed E-state index contributed by atoms with van der Waals surface area (Å²) in [6.45, 7) is 21.0. The predicted octanol–water partition coefficient (Wildman–Crippen LogP) is 7.61. The number of piperazine rings is 1. The lowest BCUT2D eigenvalue weighted by atomic mass is 9.44. The van der Waals surface area contributed by atoms with Crippen LogP contribution in [0.3, 0.4) is 0 Å². The number of likely N-dealkylation sites (N-methyl/N-ethyl adjacent to an activating group) is 1. The van der Waals surface area contributed by atoms with E-state index in [0.717, 1.165) is 55.7 Å². The van der Waals surface area contributed by atoms with Crippen LogP contribution in [0.2, 0.25) is 0 Å². The minimum atomic E-state index is -1.59. The van der Waals surface area contributed by atoms with Gasteiger partial charge in [-0.1, -0.05) is 29.4 Å². The third kappa shape index (κ3) is 6.77. The van der Waals surface area contributed by atoms with Crippen molar-refractivity contribution in [3.63, 3.8) is 0 Å². The molecule has 61 heavy (non-hydrogen) atoms. The zero-order valence-electron chi connectivity index (χ0n) is 37.6. The summed E-state index contributed by atoms with van der Waals surface area (Å²) in [4.78, 5) is 32.9. The fourth-order valence-corrected chi connectivity index (χ4v) is 11.2. The van der Waals surface area contributed by atoms with Gasteiger partial charge in [0, 0.05) is 73.6 Å². The van der Waals surface area contributed by atoms with Gasteiger partial charge < -0.3 is 33.3 Å². The standard InChI is InChI=1S/C49H62N4O8/c1-28(2)12-11-17-47(8)18-16-32-39(59-47)31(14-13-29(3)4)41-37(40(32)57-25-24-53-22-20-52(9)21-23-53)42-38-36(34(27-50)44(51)58-42)33-26-35-46(6,7)61-48(43(33)54,49(35,38)60-41)19-15-30(5)45(55)56-10/h12-13,15-16,18,33-36,51H,11,14,17,19-26H2,1-10H3. The van der Waals surface area contributed by atoms with Crippen molar-refractivity contribution < 1.29 is 38.0 Å². The largest absolute Gasteiger partial charge is 0.491 e. The second-order valence-electron chi connectivity index (χ2n) is 19.4. The molecule has 1 aromatic carbocycles. The number of nitrogens with zero attached hydrogens (tertiary/aromatic N) is 3. The second kappa shape index (κ2) is 15.6. The maximum Gasteiger partial charge on any atom is 0.333 e. The van der Waals surface area contributed by atoms with Crippen LogP contribution in [-0.2, 0) is 30.2 Å². The van der Waals surface area contributed by atoms with E-state index in [1.54, 1.807) is 13.0 Å². The molecule has 0 amide bonds. The molecular weight excluding hydrogens is 773 g/mol. The Morgan fingerprint density at radius 1 is 1.03 bits per heavy atom. The molecule has 7 unspecified atom stereocenters. The Labute approximate surface area is 360 Å². The van der Waals surface area contributed by atoms with Crippen LogP contribution in [0.25, 0.3) is 11.8 Å². The van der Waals surface area contributed by atoms with Crippen LogP contribution in [0, 0.1) is 40.4 Å². The molecule has 1 aromatic rings. The minimum Gasteiger partial charge on any atom is -0.491 e. The van der Waals surface area contributed by atoms with Crippen molar-refractivity contribution in [2.75, 3.05) is 53.5 Å². The third-order valence-electron chi connectivity index (χ3n) is 14.3. The molecule has 326 valence electrons. The first-order valence-corrected chi connectivity index (χ1v) is 21.9. The lowest BCUT2D eigenvalue weighted by Gasteiger charge is -2.62. The number of hydrogen-bond acceptors (Lipinski definition) is 12. The average Bonchev–Trinajstić information content (AvgIpc) is 3.35. The highest BCUT2D eigenvalue weighted by Crippen LogP contribution is 2.74. The van der Waals surface area contributed by atoms with E-state index >= 15 is 4.79 Å². The van der Waals surface area contributed by atoms with Crippen molar-refractivity contribution in [2.24, 2.45) is 23.7 Å². The quantitative estimate of drug-likeness (QED) is 0.126. The number of methoxy groups -OCH3 is 1. The first-order valence-electron chi connectivity index (χ1n) is 21.9. The molecule has 5 heterocycles. The van der Waals surface area contributed by atoms with Gasteiger partial charge in [-0.15, -0.1) is 0 Å². The summed E-state index contributed by atoms with van der Waals surface area (Å²) in [5.41, 5.74) is 0.881. The van der Waals surface area contributed by atoms with Gasteiger partial charge in [0.2, 0.25) is 5.90 Å². The van der Waals surface area contributed by atoms with Crippen LogP contribution in [0.15, 0.2) is 46.6 Å². The maximum atomic E-state index is 15.4. The molecule has 5 aliphatic heterocycles. The predicted molar refractivity (Wildman–Crippen MR) is 232 cm³/mol. The number of benzene rings is 1. The second-order valence-corrected chi connectivity index (χ2v) is 19.4. The van der Waals surface area contributed by atoms with Crippen LogP contribution in [-0.4, -0.2) is 103 Å². The van der Waals surface area contributed by atoms with Crippen molar-refractivity contribution >= 4 is 29.5 Å². The monoisotopic (exact) mass is 834 g/mol. The van der Waals surface area contributed by atoms with Gasteiger partial charge in [-0.2, -0.15) is 5.26 Å². The number of ether oxygens (including phenoxy) is 6. The normalized spacial score (nSPS) is 31.8. The number of hydrogen-bond donors (Lipinski definition) is 1. The molecule has 7 atom stereocenters. The van der Waals surface area contributed by atoms with E-state index < -0.39 is 46.1 Å². The fraction of sp³-hybridized carbons (Fsp3) is 0.592. The average molecular weight is 835 g/mol. The highest BCUT2D eigenvalue weighted by molar-refractivity contribution is 6.03. The van der Waals surface area contributed by atoms with Crippen molar-refractivity contribution in [3.8, 4) is 23.3 Å². The molecule has 9 rings (SSSR count). The minimum absolute atomic E-state index is 0.0288. The van der Waals surface area contributed by atoms with Crippen LogP contribution in [0.1, 0.15) is 97.8 Å². The smallest absolute Gasteiger partial charge is 0.333 e. The number of esters is 1. The summed E-state index contributed by atoms with van der Waals surface area (Å²) < 4.78 is 40.9. The summed E-state index contributed by atoms with van der Waals surface area (Å²) in [6, 6.07) is 2.35. The topological polar surface area (TPSA) is 144 Å². The van der Waals surface area contributed by atoms with Gasteiger partial charge in [-0.05, 0) is 100 Å². The maximum absolute atomic E-state index is 15.4. The summed E-state index contributed by atoms with van der Waals surface area (Å²) in [6.07, 6.45) is 12.7. The zero-order valence-corrected chi connectivity index (χ0v) is 37.6. The molecule has 0 aromatic heterocycles. The summed E-state index contributed by atoms with van der Waals surface area (Å²) >= 11 is 0. The van der Waals surface area contributed by atoms with Crippen molar-refractivity contribution in [3.05, 3.63) is 63.3 Å². The van der Waals surface area contributed by atoms with E-state index in [9.17, 15) is 15.5 Å². The van der Waals surface area contributed by atoms with E-state index in [1.165, 1.54) is 12.7 Å². The van der Waals surface area contributed by atoms with E-state index in [2.05, 4.69) is 81.8 Å². The first-order chi connectivity index (χ1) is 28.9. The van der Waals surface area contributed by atoms with Crippen molar-refractivity contribution in [2.45, 2.75) is 110 Å². The van der Waals surface area contributed by atoms with Gasteiger partial charge in [0.1, 0.15) is 46.7 Å². The Balaban J connectivity index is 1.40. The summed E-state index contributed by atoms with van der Waals surface area (Å²) in [7, 11) is 3.47. The van der Waals surface area contributed by atoms with Crippen molar-refractivity contribution in [1.82, 2.24) is 9.80 Å². The number of carbonyl (C=O) groups excluding carboxylic acids is 2. The van der Waals surface area contributed by atoms with E-state index in [1.807, 2.05) is 13.8 Å². The lowest BCUT2D eigenvalue weighted by Crippen LogP contribution is -2.75. The van der Waals surface area contributed by atoms with E-state index in [-0.39, 0.29) is 24.0 Å². The van der Waals surface area contributed by atoms with Crippen LogP contribution in [0.5, 0.6) is 17.2 Å². The van der Waals surface area contributed by atoms with Crippen LogP contribution in [0.4, 0.5) is 0 Å². The molecule has 1 N–H and O–H groups in total. The third-order valence-corrected chi connectivity index (χ3v) is 14.3. The number of rotatable bonds is 12. The fourth-order valence-electron chi connectivity index (χ4n) is 11.2. The van der Waals surface area contributed by atoms with Gasteiger partial charge >= 0.3 is 5.97 Å². The Bertz CT molecular complexity index is 2250. The van der Waals surface area contributed by atoms with Crippen molar-refractivity contribution in [1.29, 1.82) is 10.7 Å². The molecule has 3 saturated carbocycles. The van der Waals surface area contributed by atoms with Gasteiger partial charge in [-0.3, -0.25) is 15.1 Å². The molecule has 12 heteroatoms. The van der Waals surface area contributed by atoms with E-state index in [0.29, 0.717) is 65.7 Å². The number of nitriles is 1. The molecule has 8 aliphatic rings. The van der Waals surface area contributed by atoms with Gasteiger partial charge in [-0.25, -0.2) is 4.79 Å². The Kier molecular flexibility index (Phi) is 11.0. The Morgan fingerprint density at radius 3 is 2.43 bits per heavy atom. The van der Waals surface area contributed by atoms with Crippen LogP contribution < -0.4 is 14.2 Å². The molecular formula is C49H62N4O8. The first kappa shape index (κ1) is 43.0. The molecule has 0 radical (unpaired) electrons. The summed E-state index contributed by atoms with van der Waals surface area (Å²) in [5, 5.41) is 20.0. The number of carbonyl (C=O) groups is 2. The molecule has 2 saturated heterocycles. The molecule has 3 aliphatic carbocycles. The zero-order chi connectivity index (χ0) is 43.8. The number of Topliss-reactive ketones (excluding diaryl/α,β-unsaturated/α-hetero) is 1. The molecule has 1 spiro atoms. The van der Waals surface area contributed by atoms with Gasteiger partial charge in [0.15, 0.2) is 17.0 Å². The highest BCUT2D eigenvalue weighted by atomic mass is 16.6. The lowest BCUT2D eigenvalue weighted by molar-refractivity contribution is -0.183. The number of fused-ring (bicyclic) bond motifs is 3. The van der Waals surface area contributed by atoms with Gasteiger partial charge in [0.05, 0.1) is 24.3 Å². The number of allylic oxidation sites excluding steroid dienone is 4. The SMILES string of the molecule is COC(=O)C(C)=CCC12OC(C)(C)C3CC(C1=O)C1C4=C(OC(=N)C1C#N)c1c(OCCN5CCN(C)CC5)c5c(c(CC=C(C)C)c1OC432)OC(C)(CCC=C(C)C)C=C5. The number of ketones is 1. The molecule has 5 fully saturated rings. The molecule has 12 nitrogen and oxygen atoms in total. The number of nitrogens with one attached hydrogen (secondary N) is 1. The van der Waals surface area contributed by atoms with Crippen LogP contribution >= 0.6 is 0 Å². The van der Waals surface area contributed by atoms with E-state index in [4.69, 9.17) is 28.4 Å². The Hall–Kier alpha value is -4.70. The summed E-state index contributed by atoms with van der Waals surface area (Å²) in [5.74, 6) is -1.58. The molecule has 4 bridgehead atoms. The van der Waals surface area contributed by atoms with Gasteiger partial charge in [0.25, 0.3) is 0 Å². The highest BCUT2D eigenvalue weighted by Gasteiger charge is 2.84.